The van der Waals surface area contributed by atoms with Gasteiger partial charge in [0.2, 0.25) is 5.52 Å². The van der Waals surface area contributed by atoms with Crippen LogP contribution in [0.2, 0.25) is 0 Å². The molecule has 1 aliphatic carbocycles. The Bertz CT molecular complexity index is 1400. The number of aryl methyl sites for hydroxylation is 1. The first-order valence-electron chi connectivity index (χ1n) is 12.3. The van der Waals surface area contributed by atoms with Gasteiger partial charge in [0.1, 0.15) is 11.2 Å². The van der Waals surface area contributed by atoms with E-state index in [1.165, 1.54) is 9.60 Å². The number of aromatic nitrogens is 1. The summed E-state index contributed by atoms with van der Waals surface area (Å²) in [5.74, 6) is -0.00824. The summed E-state index contributed by atoms with van der Waals surface area (Å²) in [6, 6.07) is 16.5. The Hall–Kier alpha value is -2.91. The van der Waals surface area contributed by atoms with Crippen molar-refractivity contribution in [2.75, 3.05) is 37.7 Å². The molecule has 0 radical (unpaired) electrons. The minimum atomic E-state index is -0.0616. The first-order valence-corrected chi connectivity index (χ1v) is 13.9. The summed E-state index contributed by atoms with van der Waals surface area (Å²) in [5.41, 5.74) is 4.35. The highest BCUT2D eigenvalue weighted by molar-refractivity contribution is 8.03. The number of anilines is 1. The second kappa shape index (κ2) is 10.6. The highest BCUT2D eigenvalue weighted by Gasteiger charge is 2.38. The number of hydrogen-bond donors (Lipinski definition) is 2. The summed E-state index contributed by atoms with van der Waals surface area (Å²) >= 11 is 3.33. The Balaban J connectivity index is 1.62. The standard InChI is InChI=1S/C28H30N3O3S2/c1-3-30-21-9-5-7-11-23(21)35-25(30)17-19-27(29(13-15-32)14-16-33)20(28(19)34)18-26-31(4-2)22-10-6-8-12-24(22)36-26/h5-12,17-18,32-33H,3-4,13-16H2,1-2H3/q+1. The van der Waals surface area contributed by atoms with Crippen LogP contribution in [0.5, 0.6) is 0 Å². The van der Waals surface area contributed by atoms with Gasteiger partial charge in [-0.05, 0) is 38.1 Å². The molecule has 5 rings (SSSR count). The van der Waals surface area contributed by atoms with Crippen molar-refractivity contribution in [2.24, 2.45) is 0 Å². The highest BCUT2D eigenvalue weighted by atomic mass is 32.2. The molecule has 2 aromatic carbocycles. The summed E-state index contributed by atoms with van der Waals surface area (Å²) in [6.07, 6.45) is 3.95. The second-order valence-corrected chi connectivity index (χ2v) is 10.7. The predicted octanol–water partition coefficient (Wildman–Crippen LogP) is 4.19. The zero-order valence-electron chi connectivity index (χ0n) is 20.5. The van der Waals surface area contributed by atoms with Crippen molar-refractivity contribution < 1.29 is 19.6 Å². The lowest BCUT2D eigenvalue weighted by Crippen LogP contribution is -2.39. The normalized spacial score (nSPS) is 17.4. The summed E-state index contributed by atoms with van der Waals surface area (Å²) in [5, 5.41) is 21.5. The number of thioether (sulfide) groups is 1. The lowest BCUT2D eigenvalue weighted by molar-refractivity contribution is -0.665. The fourth-order valence-electron chi connectivity index (χ4n) is 4.85. The number of benzene rings is 2. The Morgan fingerprint density at radius 3 is 2.44 bits per heavy atom. The molecule has 2 heterocycles. The lowest BCUT2D eigenvalue weighted by Gasteiger charge is -2.35. The summed E-state index contributed by atoms with van der Waals surface area (Å²) in [4.78, 5) is 18.9. The van der Waals surface area contributed by atoms with Gasteiger partial charge in [-0.1, -0.05) is 47.4 Å². The topological polar surface area (TPSA) is 67.9 Å². The third kappa shape index (κ3) is 4.28. The van der Waals surface area contributed by atoms with Gasteiger partial charge in [-0.2, -0.15) is 4.57 Å². The van der Waals surface area contributed by atoms with Crippen LogP contribution in [-0.2, 0) is 11.3 Å². The molecule has 3 aromatic rings. The maximum Gasteiger partial charge on any atom is 0.263 e. The monoisotopic (exact) mass is 520 g/mol. The van der Waals surface area contributed by atoms with Crippen LogP contribution in [0.1, 0.15) is 18.9 Å². The number of carbonyl (C=O) groups is 1. The maximum atomic E-state index is 13.6. The van der Waals surface area contributed by atoms with E-state index in [1.54, 1.807) is 23.1 Å². The van der Waals surface area contributed by atoms with Crippen LogP contribution in [0.3, 0.4) is 0 Å². The van der Waals surface area contributed by atoms with E-state index >= 15 is 0 Å². The number of allylic oxidation sites excluding steroid dienone is 3. The quantitative estimate of drug-likeness (QED) is 0.326. The van der Waals surface area contributed by atoms with Gasteiger partial charge in [0, 0.05) is 42.2 Å². The molecule has 186 valence electrons. The molecule has 0 atom stereocenters. The zero-order valence-corrected chi connectivity index (χ0v) is 22.1. The van der Waals surface area contributed by atoms with Gasteiger partial charge in [-0.3, -0.25) is 4.79 Å². The molecular weight excluding hydrogens is 490 g/mol. The van der Waals surface area contributed by atoms with Crippen molar-refractivity contribution in [3.8, 4) is 0 Å². The molecule has 0 amide bonds. The van der Waals surface area contributed by atoms with Crippen molar-refractivity contribution in [3.63, 3.8) is 0 Å². The molecule has 0 spiro atoms. The lowest BCUT2D eigenvalue weighted by atomic mass is 9.84. The van der Waals surface area contributed by atoms with Crippen molar-refractivity contribution in [2.45, 2.75) is 25.3 Å². The SMILES string of the molecule is CCN1/C(=C/C2=C(N(CCO)CCO)C(=C/c3sc4ccccc4[n+]3CC)/C2=O)Sc2ccccc21. The van der Waals surface area contributed by atoms with Crippen LogP contribution in [0.15, 0.2) is 81.4 Å². The fourth-order valence-corrected chi connectivity index (χ4v) is 7.19. The van der Waals surface area contributed by atoms with Crippen LogP contribution < -0.4 is 9.47 Å². The smallest absolute Gasteiger partial charge is 0.263 e. The molecular formula is C28H30N3O3S2+. The predicted molar refractivity (Wildman–Crippen MR) is 147 cm³/mol. The number of Topliss-reactive ketones (excluding diaryl/α,β-unsaturated/α-hetero) is 1. The Morgan fingerprint density at radius 1 is 1.00 bits per heavy atom. The van der Waals surface area contributed by atoms with Crippen LogP contribution in [0.25, 0.3) is 16.3 Å². The minimum absolute atomic E-state index is 0.00824. The number of hydrogen-bond acceptors (Lipinski definition) is 7. The van der Waals surface area contributed by atoms with Gasteiger partial charge in [0.15, 0.2) is 5.78 Å². The number of aliphatic hydroxyl groups excluding tert-OH is 2. The van der Waals surface area contributed by atoms with Crippen molar-refractivity contribution in [1.29, 1.82) is 0 Å². The molecule has 0 bridgehead atoms. The van der Waals surface area contributed by atoms with Gasteiger partial charge in [0.05, 0.1) is 35.2 Å². The van der Waals surface area contributed by atoms with Crippen LogP contribution in [-0.4, -0.2) is 53.7 Å². The van der Waals surface area contributed by atoms with Crippen molar-refractivity contribution in [3.05, 3.63) is 81.5 Å². The first kappa shape index (κ1) is 24.8. The third-order valence-electron chi connectivity index (χ3n) is 6.50. The number of carbonyl (C=O) groups excluding carboxylic acids is 1. The van der Waals surface area contributed by atoms with Gasteiger partial charge < -0.3 is 20.0 Å². The number of rotatable bonds is 9. The Labute approximate surface area is 219 Å². The second-order valence-electron chi connectivity index (χ2n) is 8.53. The van der Waals surface area contributed by atoms with Crippen molar-refractivity contribution in [1.82, 2.24) is 4.90 Å². The number of thiazole rings is 1. The molecule has 2 N–H and O–H groups in total. The molecule has 0 fully saturated rings. The maximum absolute atomic E-state index is 13.6. The summed E-state index contributed by atoms with van der Waals surface area (Å²) in [6.45, 7) is 6.37. The van der Waals surface area contributed by atoms with E-state index in [0.29, 0.717) is 24.2 Å². The van der Waals surface area contributed by atoms with Crippen LogP contribution >= 0.6 is 23.1 Å². The first-order chi connectivity index (χ1) is 17.6. The molecule has 2 aliphatic rings. The number of para-hydroxylation sites is 2. The number of nitrogens with zero attached hydrogens (tertiary/aromatic N) is 3. The Kier molecular flexibility index (Phi) is 7.29. The summed E-state index contributed by atoms with van der Waals surface area (Å²) in [7, 11) is 0. The van der Waals surface area contributed by atoms with Crippen LogP contribution in [0.4, 0.5) is 5.69 Å². The number of aliphatic hydroxyl groups is 2. The number of ketones is 1. The molecule has 36 heavy (non-hydrogen) atoms. The van der Waals surface area contributed by atoms with Gasteiger partial charge >= 0.3 is 0 Å². The molecule has 0 saturated heterocycles. The van der Waals surface area contributed by atoms with E-state index in [2.05, 4.69) is 47.6 Å². The molecule has 0 saturated carbocycles. The molecule has 6 nitrogen and oxygen atoms in total. The van der Waals surface area contributed by atoms with Crippen LogP contribution in [0, 0.1) is 0 Å². The molecule has 1 aliphatic heterocycles. The summed E-state index contributed by atoms with van der Waals surface area (Å²) < 4.78 is 3.39. The van der Waals surface area contributed by atoms with Gasteiger partial charge in [-0.15, -0.1) is 0 Å². The van der Waals surface area contributed by atoms with Gasteiger partial charge in [0.25, 0.3) is 5.01 Å². The largest absolute Gasteiger partial charge is 0.395 e. The van der Waals surface area contributed by atoms with E-state index < -0.39 is 0 Å². The van der Waals surface area contributed by atoms with Crippen molar-refractivity contribution >= 4 is 50.9 Å². The zero-order chi connectivity index (χ0) is 25.2. The van der Waals surface area contributed by atoms with E-state index in [1.807, 2.05) is 41.3 Å². The average Bonchev–Trinajstić information content (AvgIpc) is 3.44. The van der Waals surface area contributed by atoms with E-state index in [-0.39, 0.29) is 19.0 Å². The molecule has 0 unspecified atom stereocenters. The fraction of sp³-hybridized carbons (Fsp3) is 0.286. The average molecular weight is 521 g/mol. The van der Waals surface area contributed by atoms with E-state index in [0.717, 1.165) is 40.0 Å². The minimum Gasteiger partial charge on any atom is -0.395 e. The third-order valence-corrected chi connectivity index (χ3v) is 8.72. The Morgan fingerprint density at radius 2 is 1.72 bits per heavy atom. The molecule has 8 heteroatoms. The highest BCUT2D eigenvalue weighted by Crippen LogP contribution is 2.47. The van der Waals surface area contributed by atoms with Gasteiger partial charge in [-0.25, -0.2) is 0 Å². The number of fused-ring (bicyclic) bond motifs is 2. The molecule has 1 aromatic heterocycles. The van der Waals surface area contributed by atoms with E-state index in [9.17, 15) is 15.0 Å². The van der Waals surface area contributed by atoms with E-state index in [4.69, 9.17) is 0 Å².